The SMILES string of the molecule is CCC1=C(C(C)(C)COCCOC)C=C(NC(=O)C(C)(C)N(C)C2CCOCC2)C2=CC=C2C1.[HH]. The van der Waals surface area contributed by atoms with Crippen LogP contribution in [-0.4, -0.2) is 69.6 Å². The fraction of sp³-hybridized carbons (Fsp3) is 0.679. The molecule has 1 heterocycles. The van der Waals surface area contributed by atoms with E-state index < -0.39 is 5.54 Å². The van der Waals surface area contributed by atoms with E-state index in [1.165, 1.54) is 16.7 Å². The molecule has 3 aliphatic rings. The van der Waals surface area contributed by atoms with Crippen molar-refractivity contribution in [2.75, 3.05) is 47.2 Å². The van der Waals surface area contributed by atoms with Crippen molar-refractivity contribution in [1.82, 2.24) is 10.2 Å². The van der Waals surface area contributed by atoms with Crippen molar-refractivity contribution in [3.8, 4) is 0 Å². The largest absolute Gasteiger partial charge is 0.382 e. The normalized spacial score (nSPS) is 19.7. The van der Waals surface area contributed by atoms with E-state index in [1.54, 1.807) is 7.11 Å². The monoisotopic (exact) mass is 474 g/mol. The minimum absolute atomic E-state index is 0. The number of allylic oxidation sites excluding steroid dienone is 5. The minimum Gasteiger partial charge on any atom is -0.382 e. The van der Waals surface area contributed by atoms with Gasteiger partial charge in [-0.15, -0.1) is 0 Å². The minimum atomic E-state index is -0.639. The standard InChI is InChI=1S/C28H44N2O4.H2/c1-8-20-17-21-9-10-23(21)25(18-24(20)27(2,3)19-34-16-15-32-7)29-26(31)28(4,5)30(6)22-11-13-33-14-12-22;/h9-10,18,22H,8,11-17,19H2,1-7H3,(H,29,31);1H. The lowest BCUT2D eigenvalue weighted by Gasteiger charge is -2.41. The molecule has 34 heavy (non-hydrogen) atoms. The van der Waals surface area contributed by atoms with E-state index in [9.17, 15) is 4.79 Å². The zero-order valence-corrected chi connectivity index (χ0v) is 22.3. The lowest BCUT2D eigenvalue weighted by molar-refractivity contribution is -0.132. The van der Waals surface area contributed by atoms with E-state index in [2.05, 4.69) is 56.3 Å². The molecule has 2 aliphatic carbocycles. The van der Waals surface area contributed by atoms with Crippen LogP contribution in [0.4, 0.5) is 0 Å². The molecule has 192 valence electrons. The molecule has 1 amide bonds. The number of amides is 1. The van der Waals surface area contributed by atoms with E-state index >= 15 is 0 Å². The number of ether oxygens (including phenoxy) is 3. The lowest BCUT2D eigenvalue weighted by Crippen LogP contribution is -2.57. The Kier molecular flexibility index (Phi) is 8.96. The number of methoxy groups -OCH3 is 1. The molecule has 1 N–H and O–H groups in total. The van der Waals surface area contributed by atoms with Crippen molar-refractivity contribution in [3.05, 3.63) is 46.2 Å². The molecule has 0 aromatic rings. The summed E-state index contributed by atoms with van der Waals surface area (Å²) in [5.41, 5.74) is 5.18. The Morgan fingerprint density at radius 2 is 1.91 bits per heavy atom. The van der Waals surface area contributed by atoms with Crippen molar-refractivity contribution < 1.29 is 20.4 Å². The van der Waals surface area contributed by atoms with Crippen LogP contribution in [0.3, 0.4) is 0 Å². The molecular formula is C28H46N2O4. The third-order valence-corrected chi connectivity index (χ3v) is 7.64. The Morgan fingerprint density at radius 1 is 1.21 bits per heavy atom. The van der Waals surface area contributed by atoms with Gasteiger partial charge in [0.2, 0.25) is 5.91 Å². The molecule has 6 heteroatoms. The summed E-state index contributed by atoms with van der Waals surface area (Å²) in [7, 11) is 3.75. The van der Waals surface area contributed by atoms with Gasteiger partial charge in [0.25, 0.3) is 0 Å². The Bertz CT molecular complexity index is 879. The van der Waals surface area contributed by atoms with Gasteiger partial charge < -0.3 is 19.5 Å². The first-order chi connectivity index (χ1) is 16.1. The molecule has 0 aromatic heterocycles. The van der Waals surface area contributed by atoms with E-state index in [-0.39, 0.29) is 12.7 Å². The van der Waals surface area contributed by atoms with Crippen LogP contribution in [0.5, 0.6) is 0 Å². The van der Waals surface area contributed by atoms with Crippen LogP contribution in [0.1, 0.15) is 61.7 Å². The Morgan fingerprint density at radius 3 is 2.50 bits per heavy atom. The van der Waals surface area contributed by atoms with Crippen molar-refractivity contribution in [3.63, 3.8) is 0 Å². The van der Waals surface area contributed by atoms with Gasteiger partial charge in [-0.1, -0.05) is 38.5 Å². The van der Waals surface area contributed by atoms with Crippen molar-refractivity contribution >= 4 is 5.91 Å². The number of hydrogen-bond donors (Lipinski definition) is 1. The van der Waals surface area contributed by atoms with Gasteiger partial charge in [0.1, 0.15) is 0 Å². The lowest BCUT2D eigenvalue weighted by atomic mass is 9.80. The Balaban J connectivity index is 0.00000432. The van der Waals surface area contributed by atoms with Gasteiger partial charge in [0.15, 0.2) is 0 Å². The maximum atomic E-state index is 13.6. The molecule has 0 saturated carbocycles. The van der Waals surface area contributed by atoms with Crippen molar-refractivity contribution in [2.45, 2.75) is 71.9 Å². The number of hydrogen-bond acceptors (Lipinski definition) is 5. The second kappa shape index (κ2) is 11.3. The highest BCUT2D eigenvalue weighted by Gasteiger charge is 2.38. The number of nitrogens with zero attached hydrogens (tertiary/aromatic N) is 1. The fourth-order valence-corrected chi connectivity index (χ4v) is 4.96. The molecule has 0 atom stereocenters. The predicted molar refractivity (Wildman–Crippen MR) is 139 cm³/mol. The van der Waals surface area contributed by atoms with Gasteiger partial charge in [0.05, 0.1) is 25.4 Å². The van der Waals surface area contributed by atoms with Gasteiger partial charge in [-0.3, -0.25) is 9.69 Å². The summed E-state index contributed by atoms with van der Waals surface area (Å²) in [6, 6.07) is 0.348. The molecule has 0 spiro atoms. The van der Waals surface area contributed by atoms with E-state index in [4.69, 9.17) is 14.2 Å². The van der Waals surface area contributed by atoms with E-state index in [0.717, 1.165) is 50.2 Å². The van der Waals surface area contributed by atoms with E-state index in [0.29, 0.717) is 25.9 Å². The van der Waals surface area contributed by atoms with E-state index in [1.807, 2.05) is 13.8 Å². The number of likely N-dealkylation sites (N-methyl/N-ethyl adjacent to an activating group) is 1. The first-order valence-corrected chi connectivity index (χ1v) is 12.7. The molecule has 6 nitrogen and oxygen atoms in total. The quantitative estimate of drug-likeness (QED) is 0.437. The topological polar surface area (TPSA) is 60.0 Å². The predicted octanol–water partition coefficient (Wildman–Crippen LogP) is 4.79. The van der Waals surface area contributed by atoms with Crippen LogP contribution in [0, 0.1) is 5.41 Å². The third-order valence-electron chi connectivity index (χ3n) is 7.64. The van der Waals surface area contributed by atoms with Gasteiger partial charge >= 0.3 is 0 Å². The Hall–Kier alpha value is -1.73. The summed E-state index contributed by atoms with van der Waals surface area (Å²) in [5.74, 6) is 0.0216. The number of nitrogens with one attached hydrogen (secondary N) is 1. The zero-order chi connectivity index (χ0) is 24.9. The summed E-state index contributed by atoms with van der Waals surface area (Å²) < 4.78 is 16.6. The first kappa shape index (κ1) is 26.9. The van der Waals surface area contributed by atoms with Crippen LogP contribution in [0.25, 0.3) is 0 Å². The molecular weight excluding hydrogens is 428 g/mol. The van der Waals surface area contributed by atoms with Crippen LogP contribution in [0.15, 0.2) is 46.2 Å². The van der Waals surface area contributed by atoms with Crippen LogP contribution in [-0.2, 0) is 19.0 Å². The highest BCUT2D eigenvalue weighted by atomic mass is 16.5. The molecule has 0 radical (unpaired) electrons. The molecule has 3 rings (SSSR count). The molecule has 0 unspecified atom stereocenters. The van der Waals surface area contributed by atoms with Gasteiger partial charge in [0, 0.05) is 44.5 Å². The maximum absolute atomic E-state index is 13.6. The number of carbonyl (C=O) groups excluding carboxylic acids is 1. The van der Waals surface area contributed by atoms with Crippen LogP contribution < -0.4 is 5.32 Å². The van der Waals surface area contributed by atoms with Crippen molar-refractivity contribution in [1.29, 1.82) is 0 Å². The molecule has 0 bridgehead atoms. The highest BCUT2D eigenvalue weighted by molar-refractivity contribution is 5.88. The third kappa shape index (κ3) is 5.91. The smallest absolute Gasteiger partial charge is 0.244 e. The number of carbonyl (C=O) groups is 1. The van der Waals surface area contributed by atoms with Gasteiger partial charge in [-0.2, -0.15) is 0 Å². The summed E-state index contributed by atoms with van der Waals surface area (Å²) in [6.45, 7) is 14.0. The summed E-state index contributed by atoms with van der Waals surface area (Å²) >= 11 is 0. The average Bonchev–Trinajstić information content (AvgIpc) is 2.90. The van der Waals surface area contributed by atoms with Crippen LogP contribution in [0.2, 0.25) is 0 Å². The summed E-state index contributed by atoms with van der Waals surface area (Å²) in [4.78, 5) is 15.8. The second-order valence-corrected chi connectivity index (χ2v) is 10.8. The maximum Gasteiger partial charge on any atom is 0.244 e. The first-order valence-electron chi connectivity index (χ1n) is 12.7. The number of fused-ring (bicyclic) bond motifs is 1. The summed E-state index contributed by atoms with van der Waals surface area (Å²) in [6.07, 6.45) is 10.3. The second-order valence-electron chi connectivity index (χ2n) is 10.8. The van der Waals surface area contributed by atoms with Gasteiger partial charge in [-0.25, -0.2) is 0 Å². The molecule has 1 saturated heterocycles. The van der Waals surface area contributed by atoms with Crippen molar-refractivity contribution in [2.24, 2.45) is 5.41 Å². The zero-order valence-electron chi connectivity index (χ0n) is 22.3. The molecule has 1 aliphatic heterocycles. The van der Waals surface area contributed by atoms with Crippen LogP contribution >= 0.6 is 0 Å². The summed E-state index contributed by atoms with van der Waals surface area (Å²) in [5, 5.41) is 3.32. The fourth-order valence-electron chi connectivity index (χ4n) is 4.96. The number of rotatable bonds is 11. The highest BCUT2D eigenvalue weighted by Crippen LogP contribution is 2.42. The molecule has 1 fully saturated rings. The Labute approximate surface area is 207 Å². The van der Waals surface area contributed by atoms with Gasteiger partial charge in [-0.05, 0) is 63.8 Å². The molecule has 0 aromatic carbocycles. The average molecular weight is 475 g/mol.